The average Bonchev–Trinajstić information content (AvgIpc) is 3.09. The predicted molar refractivity (Wildman–Crippen MR) is 189 cm³/mol. The van der Waals surface area contributed by atoms with Crippen LogP contribution in [-0.2, 0) is 46.5 Å². The molecule has 1 aromatic carbocycles. The van der Waals surface area contributed by atoms with Gasteiger partial charge in [-0.05, 0) is 36.8 Å². The fourth-order valence-corrected chi connectivity index (χ4v) is 4.77. The number of hydrogen-bond acceptors (Lipinski definition) is 11. The van der Waals surface area contributed by atoms with E-state index in [0.29, 0.717) is 24.0 Å². The van der Waals surface area contributed by atoms with Gasteiger partial charge in [-0.3, -0.25) is 28.8 Å². The summed E-state index contributed by atoms with van der Waals surface area (Å²) in [5.74, 6) is -8.51. The van der Waals surface area contributed by atoms with E-state index >= 15 is 0 Å². The maximum Gasteiger partial charge on any atom is 0.326 e. The average molecular weight is 770 g/mol. The Hall–Kier alpha value is -5.44. The number of hydrogen-bond donors (Lipinski definition) is 12. The molecule has 0 aliphatic carbocycles. The quantitative estimate of drug-likeness (QED) is 0.0390. The summed E-state index contributed by atoms with van der Waals surface area (Å²) in [6, 6.07) is 1.47. The highest BCUT2D eigenvalue weighted by Gasteiger charge is 2.30. The summed E-state index contributed by atoms with van der Waals surface area (Å²) in [6.07, 6.45) is -0.427. The van der Waals surface area contributed by atoms with Crippen LogP contribution in [0, 0.1) is 5.92 Å². The Morgan fingerprint density at radius 3 is 1.89 bits per heavy atom. The van der Waals surface area contributed by atoms with Crippen LogP contribution in [0.3, 0.4) is 0 Å². The molecule has 0 heterocycles. The van der Waals surface area contributed by atoms with Crippen molar-refractivity contribution in [1.29, 1.82) is 0 Å². The molecule has 4 atom stereocenters. The molecule has 6 amide bonds. The predicted octanol–water partition coefficient (Wildman–Crippen LogP) is -1.19. The molecule has 0 bridgehead atoms. The van der Waals surface area contributed by atoms with Crippen molar-refractivity contribution in [2.45, 2.75) is 76.0 Å². The lowest BCUT2D eigenvalue weighted by molar-refractivity contribution is -0.144. The summed E-state index contributed by atoms with van der Waals surface area (Å²) in [4.78, 5) is 106. The number of nitrogens with one attached hydrogen (secondary N) is 6. The number of Topliss-reactive ketones (excluding diaryl/α,β-unsaturated/α-hetero) is 1. The highest BCUT2D eigenvalue weighted by molar-refractivity contribution is 7.80. The minimum atomic E-state index is -1.53. The zero-order chi connectivity index (χ0) is 39.9. The number of carbonyl (C=O) groups excluding carboxylic acids is 5. The normalized spacial score (nSPS) is 12.9. The summed E-state index contributed by atoms with van der Waals surface area (Å²) in [5.41, 5.74) is 7.13. The van der Waals surface area contributed by atoms with Crippen molar-refractivity contribution in [3.63, 3.8) is 0 Å². The van der Waals surface area contributed by atoms with Gasteiger partial charge in [-0.2, -0.15) is 12.6 Å². The second-order valence-electron chi connectivity index (χ2n) is 11.8. The molecule has 0 aromatic heterocycles. The molecule has 0 saturated carbocycles. The number of thiol groups is 1. The third-order valence-electron chi connectivity index (χ3n) is 7.46. The van der Waals surface area contributed by atoms with E-state index in [1.54, 1.807) is 24.3 Å². The molecule has 0 saturated heterocycles. The number of carboxylic acids is 4. The van der Waals surface area contributed by atoms with Crippen LogP contribution in [0.1, 0.15) is 56.1 Å². The van der Waals surface area contributed by atoms with Crippen LogP contribution in [0.25, 0.3) is 0 Å². The molecule has 0 radical (unpaired) electrons. The van der Waals surface area contributed by atoms with Crippen molar-refractivity contribution in [3.05, 3.63) is 35.4 Å². The molecule has 0 spiro atoms. The molecule has 1 rings (SSSR count). The topological polar surface area (TPSA) is 333 Å². The third-order valence-corrected chi connectivity index (χ3v) is 7.90. The first-order valence-electron chi connectivity index (χ1n) is 16.5. The van der Waals surface area contributed by atoms with Crippen LogP contribution in [0.5, 0.6) is 0 Å². The lowest BCUT2D eigenvalue weighted by atomic mass is 9.98. The van der Waals surface area contributed by atoms with Crippen molar-refractivity contribution in [2.24, 2.45) is 11.7 Å². The minimum absolute atomic E-state index is 0.0803. The van der Waals surface area contributed by atoms with E-state index in [0.717, 1.165) is 0 Å². The molecule has 0 fully saturated rings. The van der Waals surface area contributed by atoms with Gasteiger partial charge >= 0.3 is 35.9 Å². The highest BCUT2D eigenvalue weighted by atomic mass is 32.1. The number of urea groups is 2. The van der Waals surface area contributed by atoms with E-state index in [9.17, 15) is 48.3 Å². The summed E-state index contributed by atoms with van der Waals surface area (Å²) >= 11 is 3.87. The Labute approximate surface area is 309 Å². The molecule has 0 unspecified atom stereocenters. The number of ketones is 1. The van der Waals surface area contributed by atoms with Crippen LogP contribution in [-0.4, -0.2) is 117 Å². The monoisotopic (exact) mass is 769 g/mol. The summed E-state index contributed by atoms with van der Waals surface area (Å²) in [6.45, 7) is 0.141. The van der Waals surface area contributed by atoms with Crippen molar-refractivity contribution >= 4 is 66.2 Å². The molecule has 1 aromatic rings. The molecule has 53 heavy (non-hydrogen) atoms. The van der Waals surface area contributed by atoms with Gasteiger partial charge in [-0.25, -0.2) is 14.4 Å². The Kier molecular flexibility index (Phi) is 21.2. The summed E-state index contributed by atoms with van der Waals surface area (Å²) in [7, 11) is 0. The van der Waals surface area contributed by atoms with Crippen LogP contribution in [0.4, 0.5) is 9.59 Å². The standard InChI is InChI=1S/C32H47N7O13S/c33-21(28(46)38-23(14-27(44)45)24(40)13-20(17-53)29(47)48)16-36-25(41)12-18-6-8-19(9-7-18)15-37-31(51)34-10-2-1-4-22(30(49)50)39-32(52)35-11-3-5-26(42)43/h6-9,20-23,53H,1-5,10-17,33H2,(H,36,41)(H,38,46)(H,42,43)(H,44,45)(H,47,48)(H,49,50)(H2,34,37,51)(H2,35,39,52)/t20-,21-,22-,23-/m0/s1. The zero-order valence-electron chi connectivity index (χ0n) is 28.8. The molecule has 0 aliphatic heterocycles. The summed E-state index contributed by atoms with van der Waals surface area (Å²) < 4.78 is 0. The Bertz CT molecular complexity index is 1450. The molecular weight excluding hydrogens is 722 g/mol. The van der Waals surface area contributed by atoms with E-state index in [4.69, 9.17) is 21.1 Å². The fourth-order valence-electron chi connectivity index (χ4n) is 4.48. The van der Waals surface area contributed by atoms with E-state index in [1.807, 2.05) is 0 Å². The molecule has 20 nitrogen and oxygen atoms in total. The van der Waals surface area contributed by atoms with E-state index in [1.165, 1.54) is 0 Å². The first-order chi connectivity index (χ1) is 25.0. The first-order valence-corrected chi connectivity index (χ1v) is 17.1. The van der Waals surface area contributed by atoms with Crippen molar-refractivity contribution in [1.82, 2.24) is 31.9 Å². The van der Waals surface area contributed by atoms with Gasteiger partial charge in [0.15, 0.2) is 5.78 Å². The van der Waals surface area contributed by atoms with Crippen molar-refractivity contribution in [2.75, 3.05) is 25.4 Å². The third kappa shape index (κ3) is 20.3. The Morgan fingerprint density at radius 1 is 0.679 bits per heavy atom. The number of carboxylic acid groups (broad SMARTS) is 4. The van der Waals surface area contributed by atoms with Gasteiger partial charge in [0, 0.05) is 44.8 Å². The molecule has 0 aliphatic rings. The van der Waals surface area contributed by atoms with E-state index in [-0.39, 0.29) is 57.6 Å². The zero-order valence-corrected chi connectivity index (χ0v) is 29.7. The molecule has 21 heteroatoms. The maximum absolute atomic E-state index is 12.5. The maximum atomic E-state index is 12.5. The van der Waals surface area contributed by atoms with Crippen LogP contribution in [0.15, 0.2) is 24.3 Å². The van der Waals surface area contributed by atoms with E-state index in [2.05, 4.69) is 44.5 Å². The van der Waals surface area contributed by atoms with E-state index < -0.39 is 90.4 Å². The van der Waals surface area contributed by atoms with Gasteiger partial charge in [0.2, 0.25) is 11.8 Å². The Morgan fingerprint density at radius 2 is 1.30 bits per heavy atom. The van der Waals surface area contributed by atoms with Crippen LogP contribution < -0.4 is 37.6 Å². The number of rotatable bonds is 26. The summed E-state index contributed by atoms with van der Waals surface area (Å²) in [5, 5.41) is 50.9. The SMILES string of the molecule is N[C@@H](CNC(=O)Cc1ccc(CNC(=O)NCCCC[C@H](NC(=O)NCCCC(=O)O)C(=O)O)cc1)C(=O)N[C@@H](CC(=O)O)C(=O)C[C@@H](CS)C(=O)O. The largest absolute Gasteiger partial charge is 0.481 e. The lowest BCUT2D eigenvalue weighted by Crippen LogP contribution is -2.53. The minimum Gasteiger partial charge on any atom is -0.481 e. The molecule has 12 N–H and O–H groups in total. The Balaban J connectivity index is 2.41. The molecule has 294 valence electrons. The number of unbranched alkanes of at least 4 members (excludes halogenated alkanes) is 1. The number of benzene rings is 1. The second kappa shape index (κ2) is 24.7. The highest BCUT2D eigenvalue weighted by Crippen LogP contribution is 2.11. The van der Waals surface area contributed by atoms with Crippen molar-refractivity contribution < 1.29 is 63.6 Å². The van der Waals surface area contributed by atoms with Gasteiger partial charge < -0.3 is 58.1 Å². The van der Waals surface area contributed by atoms with Gasteiger partial charge in [0.05, 0.1) is 24.8 Å². The lowest BCUT2D eigenvalue weighted by Gasteiger charge is -2.20. The second-order valence-corrected chi connectivity index (χ2v) is 12.2. The number of carbonyl (C=O) groups is 9. The number of amides is 6. The molecular formula is C32H47N7O13S. The smallest absolute Gasteiger partial charge is 0.326 e. The van der Waals surface area contributed by atoms with Gasteiger partial charge in [0.1, 0.15) is 12.1 Å². The van der Waals surface area contributed by atoms with Crippen LogP contribution >= 0.6 is 12.6 Å². The van der Waals surface area contributed by atoms with Gasteiger partial charge in [-0.1, -0.05) is 24.3 Å². The van der Waals surface area contributed by atoms with Crippen LogP contribution in [0.2, 0.25) is 0 Å². The number of aliphatic carboxylic acids is 4. The first kappa shape index (κ1) is 45.6. The van der Waals surface area contributed by atoms with Gasteiger partial charge in [-0.15, -0.1) is 0 Å². The van der Waals surface area contributed by atoms with Crippen molar-refractivity contribution in [3.8, 4) is 0 Å². The van der Waals surface area contributed by atoms with Gasteiger partial charge in [0.25, 0.3) is 0 Å². The fraction of sp³-hybridized carbons (Fsp3) is 0.531. The number of nitrogens with two attached hydrogens (primary N) is 1.